The van der Waals surface area contributed by atoms with Crippen molar-refractivity contribution in [1.82, 2.24) is 4.90 Å². The van der Waals surface area contributed by atoms with Crippen LogP contribution in [0.15, 0.2) is 60.7 Å². The van der Waals surface area contributed by atoms with Gasteiger partial charge in [-0.3, -0.25) is 4.90 Å². The maximum Gasteiger partial charge on any atom is 0.0846 e. The van der Waals surface area contributed by atoms with Crippen molar-refractivity contribution in [3.63, 3.8) is 0 Å². The van der Waals surface area contributed by atoms with Crippen molar-refractivity contribution >= 4 is 0 Å². The molecular formula is C20H29NO2. The molecule has 3 heteroatoms. The fourth-order valence-corrected chi connectivity index (χ4v) is 1.96. The lowest BCUT2D eigenvalue weighted by Crippen LogP contribution is -2.27. The number of aliphatic hydroxyl groups is 2. The Labute approximate surface area is 140 Å². The second-order valence-corrected chi connectivity index (χ2v) is 6.15. The summed E-state index contributed by atoms with van der Waals surface area (Å²) in [5.41, 5.74) is 1.86. The summed E-state index contributed by atoms with van der Waals surface area (Å²) in [7, 11) is 2.15. The average Bonchev–Trinajstić information content (AvgIpc) is 2.57. The van der Waals surface area contributed by atoms with Crippen molar-refractivity contribution in [2.45, 2.75) is 39.0 Å². The molecule has 0 radical (unpaired) electrons. The van der Waals surface area contributed by atoms with Gasteiger partial charge in [0, 0.05) is 13.1 Å². The first-order valence-electron chi connectivity index (χ1n) is 8.06. The van der Waals surface area contributed by atoms with E-state index in [1.54, 1.807) is 6.92 Å². The van der Waals surface area contributed by atoms with Crippen LogP contribution in [-0.4, -0.2) is 34.4 Å². The third kappa shape index (κ3) is 8.50. The summed E-state index contributed by atoms with van der Waals surface area (Å²) in [5.74, 6) is 0. The molecule has 0 aliphatic heterocycles. The topological polar surface area (TPSA) is 43.7 Å². The van der Waals surface area contributed by atoms with E-state index in [1.807, 2.05) is 6.92 Å². The normalized spacial score (nSPS) is 13.1. The van der Waals surface area contributed by atoms with Crippen LogP contribution in [0.4, 0.5) is 0 Å². The summed E-state index contributed by atoms with van der Waals surface area (Å²) in [4.78, 5) is 2.32. The largest absolute Gasteiger partial charge is 0.393 e. The summed E-state index contributed by atoms with van der Waals surface area (Å²) in [6, 6.07) is 21.1. The minimum absolute atomic E-state index is 0.149. The summed E-state index contributed by atoms with van der Waals surface area (Å²) in [5, 5.41) is 17.2. The highest BCUT2D eigenvalue weighted by Crippen LogP contribution is 2.07. The molecule has 3 nitrogen and oxygen atoms in total. The van der Waals surface area contributed by atoms with Gasteiger partial charge >= 0.3 is 0 Å². The van der Waals surface area contributed by atoms with Crippen LogP contribution in [0.25, 0.3) is 0 Å². The van der Waals surface area contributed by atoms with Crippen LogP contribution in [0.3, 0.4) is 0 Å². The first-order valence-corrected chi connectivity index (χ1v) is 8.06. The maximum atomic E-state index is 8.88. The van der Waals surface area contributed by atoms with Crippen LogP contribution in [0.5, 0.6) is 0 Å². The van der Waals surface area contributed by atoms with Gasteiger partial charge in [-0.05, 0) is 31.5 Å². The van der Waals surface area contributed by atoms with Crippen molar-refractivity contribution in [3.8, 4) is 0 Å². The van der Waals surface area contributed by atoms with Gasteiger partial charge in [-0.15, -0.1) is 0 Å². The minimum atomic E-state index is -0.861. The highest BCUT2D eigenvalue weighted by molar-refractivity contribution is 5.16. The quantitative estimate of drug-likeness (QED) is 0.858. The molecule has 1 atom stereocenters. The Balaban J connectivity index is 0.000000322. The molecule has 2 aromatic carbocycles. The third-order valence-corrected chi connectivity index (χ3v) is 3.69. The molecule has 126 valence electrons. The number of aliphatic hydroxyl groups excluding tert-OH is 1. The molecule has 0 amide bonds. The molecule has 0 aliphatic carbocycles. The fourth-order valence-electron chi connectivity index (χ4n) is 1.96. The molecule has 23 heavy (non-hydrogen) atoms. The van der Waals surface area contributed by atoms with Gasteiger partial charge in [0.2, 0.25) is 0 Å². The molecule has 0 spiro atoms. The Kier molecular flexibility index (Phi) is 8.56. The SMILES string of the molecule is CCC(C)(O)CO.CN(Cc1ccccc1)Cc1ccccc1. The predicted molar refractivity (Wildman–Crippen MR) is 96.1 cm³/mol. The van der Waals surface area contributed by atoms with Crippen LogP contribution in [0.1, 0.15) is 31.4 Å². The summed E-state index contributed by atoms with van der Waals surface area (Å²) in [6.45, 7) is 5.28. The van der Waals surface area contributed by atoms with E-state index in [-0.39, 0.29) is 6.61 Å². The van der Waals surface area contributed by atoms with Gasteiger partial charge in [0.15, 0.2) is 0 Å². The van der Waals surface area contributed by atoms with E-state index in [1.165, 1.54) is 11.1 Å². The predicted octanol–water partition coefficient (Wildman–Crippen LogP) is 3.46. The van der Waals surface area contributed by atoms with E-state index >= 15 is 0 Å². The zero-order valence-electron chi connectivity index (χ0n) is 14.4. The number of hydrogen-bond acceptors (Lipinski definition) is 3. The van der Waals surface area contributed by atoms with E-state index < -0.39 is 5.60 Å². The monoisotopic (exact) mass is 315 g/mol. The van der Waals surface area contributed by atoms with E-state index in [9.17, 15) is 0 Å². The summed E-state index contributed by atoms with van der Waals surface area (Å²) >= 11 is 0. The average molecular weight is 315 g/mol. The molecule has 0 bridgehead atoms. The smallest absolute Gasteiger partial charge is 0.0846 e. The third-order valence-electron chi connectivity index (χ3n) is 3.69. The van der Waals surface area contributed by atoms with E-state index in [4.69, 9.17) is 10.2 Å². The Morgan fingerprint density at radius 1 is 0.870 bits per heavy atom. The fraction of sp³-hybridized carbons (Fsp3) is 0.400. The standard InChI is InChI=1S/C15H17N.C5H12O2/c1-16(12-14-8-4-2-5-9-14)13-15-10-6-3-7-11-15;1-3-5(2,7)4-6/h2-11H,12-13H2,1H3;6-7H,3-4H2,1-2H3. The van der Waals surface area contributed by atoms with Crippen LogP contribution < -0.4 is 0 Å². The zero-order chi connectivity index (χ0) is 17.1. The number of rotatable bonds is 6. The van der Waals surface area contributed by atoms with Crippen molar-refractivity contribution in [2.75, 3.05) is 13.7 Å². The lowest BCUT2D eigenvalue weighted by atomic mass is 10.1. The van der Waals surface area contributed by atoms with Crippen molar-refractivity contribution in [2.24, 2.45) is 0 Å². The molecular weight excluding hydrogens is 286 g/mol. The van der Waals surface area contributed by atoms with E-state index in [0.29, 0.717) is 6.42 Å². The number of hydrogen-bond donors (Lipinski definition) is 2. The van der Waals surface area contributed by atoms with Gasteiger partial charge in [-0.1, -0.05) is 67.6 Å². The Bertz CT molecular complexity index is 478. The molecule has 2 aromatic rings. The lowest BCUT2D eigenvalue weighted by Gasteiger charge is -2.16. The molecule has 0 saturated heterocycles. The van der Waals surface area contributed by atoms with Crippen LogP contribution in [-0.2, 0) is 13.1 Å². The first-order chi connectivity index (χ1) is 11.0. The van der Waals surface area contributed by atoms with E-state index in [2.05, 4.69) is 72.6 Å². The van der Waals surface area contributed by atoms with Crippen LogP contribution in [0.2, 0.25) is 0 Å². The Morgan fingerprint density at radius 3 is 1.52 bits per heavy atom. The van der Waals surface area contributed by atoms with Gasteiger partial charge in [0.1, 0.15) is 0 Å². The molecule has 0 saturated carbocycles. The first kappa shape index (κ1) is 19.4. The maximum absolute atomic E-state index is 8.88. The highest BCUT2D eigenvalue weighted by Gasteiger charge is 2.14. The van der Waals surface area contributed by atoms with Crippen LogP contribution in [0, 0.1) is 0 Å². The lowest BCUT2D eigenvalue weighted by molar-refractivity contribution is -0.00107. The summed E-state index contributed by atoms with van der Waals surface area (Å²) < 4.78 is 0. The Hall–Kier alpha value is -1.68. The zero-order valence-corrected chi connectivity index (χ0v) is 14.4. The van der Waals surface area contributed by atoms with Gasteiger partial charge in [0.25, 0.3) is 0 Å². The van der Waals surface area contributed by atoms with Crippen LogP contribution >= 0.6 is 0 Å². The minimum Gasteiger partial charge on any atom is -0.393 e. The van der Waals surface area contributed by atoms with Gasteiger partial charge in [0.05, 0.1) is 12.2 Å². The highest BCUT2D eigenvalue weighted by atomic mass is 16.3. The second-order valence-electron chi connectivity index (χ2n) is 6.15. The van der Waals surface area contributed by atoms with E-state index in [0.717, 1.165) is 13.1 Å². The molecule has 0 fully saturated rings. The van der Waals surface area contributed by atoms with Gasteiger partial charge in [-0.25, -0.2) is 0 Å². The molecule has 2 N–H and O–H groups in total. The number of benzene rings is 2. The molecule has 2 rings (SSSR count). The number of nitrogens with zero attached hydrogens (tertiary/aromatic N) is 1. The van der Waals surface area contributed by atoms with Crippen molar-refractivity contribution in [1.29, 1.82) is 0 Å². The second kappa shape index (κ2) is 10.2. The molecule has 1 unspecified atom stereocenters. The van der Waals surface area contributed by atoms with Gasteiger partial charge < -0.3 is 10.2 Å². The Morgan fingerprint density at radius 2 is 1.26 bits per heavy atom. The molecule has 0 aromatic heterocycles. The van der Waals surface area contributed by atoms with Crippen molar-refractivity contribution < 1.29 is 10.2 Å². The van der Waals surface area contributed by atoms with Gasteiger partial charge in [-0.2, -0.15) is 0 Å². The molecule has 0 aliphatic rings. The summed E-state index contributed by atoms with van der Waals surface area (Å²) in [6.07, 6.45) is 0.601. The van der Waals surface area contributed by atoms with Crippen molar-refractivity contribution in [3.05, 3.63) is 71.8 Å². The molecule has 0 heterocycles.